The number of nitrogens with zero attached hydrogens (tertiary/aromatic N) is 1. The van der Waals surface area contributed by atoms with Crippen molar-refractivity contribution in [1.82, 2.24) is 4.90 Å². The summed E-state index contributed by atoms with van der Waals surface area (Å²) in [6.07, 6.45) is 8.38. The van der Waals surface area contributed by atoms with Gasteiger partial charge in [0, 0.05) is 12.2 Å². The van der Waals surface area contributed by atoms with Gasteiger partial charge in [-0.05, 0) is 55.4 Å². The zero-order valence-electron chi connectivity index (χ0n) is 13.0. The highest BCUT2D eigenvalue weighted by molar-refractivity contribution is 5.89. The van der Waals surface area contributed by atoms with Crippen LogP contribution in [-0.2, 0) is 17.6 Å². The van der Waals surface area contributed by atoms with Crippen LogP contribution in [0.4, 0.5) is 10.5 Å². The number of hydrogen-bond acceptors (Lipinski definition) is 2. The molecule has 1 N–H and O–H groups in total. The van der Waals surface area contributed by atoms with Crippen LogP contribution in [0.5, 0.6) is 0 Å². The van der Waals surface area contributed by atoms with Crippen LogP contribution in [-0.4, -0.2) is 36.2 Å². The fourth-order valence-electron chi connectivity index (χ4n) is 4.19. The molecular weight excluding hydrogens is 276 g/mol. The average Bonchev–Trinajstić information content (AvgIpc) is 3.02. The number of amides is 2. The third kappa shape index (κ3) is 2.60. The molecule has 1 saturated carbocycles. The van der Waals surface area contributed by atoms with Gasteiger partial charge in [0.05, 0.1) is 18.8 Å². The second-order valence-corrected chi connectivity index (χ2v) is 6.72. The maximum Gasteiger partial charge on any atom is 0.322 e. The SMILES string of the molecule is O=C(Nc1ccc2c(c1)CCC2)N1CCO[C@@H]2CCCC[C@@H]21. The lowest BCUT2D eigenvalue weighted by Gasteiger charge is -2.43. The van der Waals surface area contributed by atoms with Gasteiger partial charge in [0.2, 0.25) is 0 Å². The molecular formula is C18H24N2O2. The van der Waals surface area contributed by atoms with E-state index in [4.69, 9.17) is 4.74 Å². The number of benzene rings is 1. The van der Waals surface area contributed by atoms with Crippen molar-refractivity contribution < 1.29 is 9.53 Å². The zero-order chi connectivity index (χ0) is 14.9. The van der Waals surface area contributed by atoms with Gasteiger partial charge in [-0.15, -0.1) is 0 Å². The maximum atomic E-state index is 12.7. The quantitative estimate of drug-likeness (QED) is 0.864. The number of ether oxygens (including phenoxy) is 1. The van der Waals surface area contributed by atoms with Gasteiger partial charge in [-0.3, -0.25) is 0 Å². The van der Waals surface area contributed by atoms with Crippen LogP contribution >= 0.6 is 0 Å². The standard InChI is InChI=1S/C18H24N2O2/c21-18(19-15-9-8-13-4-3-5-14(13)12-15)20-10-11-22-17-7-2-1-6-16(17)20/h8-9,12,16-17H,1-7,10-11H2,(H,19,21)/t16-,17+/m0/s1. The summed E-state index contributed by atoms with van der Waals surface area (Å²) in [5.41, 5.74) is 3.77. The Morgan fingerprint density at radius 2 is 2.00 bits per heavy atom. The number of hydrogen-bond donors (Lipinski definition) is 1. The monoisotopic (exact) mass is 300 g/mol. The number of aryl methyl sites for hydroxylation is 2. The van der Waals surface area contributed by atoms with E-state index in [-0.39, 0.29) is 18.2 Å². The number of rotatable bonds is 1. The minimum atomic E-state index is 0.0400. The number of carbonyl (C=O) groups excluding carboxylic acids is 1. The predicted molar refractivity (Wildman–Crippen MR) is 86.2 cm³/mol. The number of morpholine rings is 1. The molecule has 118 valence electrons. The van der Waals surface area contributed by atoms with E-state index in [1.807, 2.05) is 11.0 Å². The lowest BCUT2D eigenvalue weighted by Crippen LogP contribution is -2.55. The molecule has 1 aliphatic heterocycles. The van der Waals surface area contributed by atoms with Crippen LogP contribution in [0.1, 0.15) is 43.2 Å². The first-order valence-corrected chi connectivity index (χ1v) is 8.62. The highest BCUT2D eigenvalue weighted by Gasteiger charge is 2.36. The van der Waals surface area contributed by atoms with Gasteiger partial charge < -0.3 is 15.0 Å². The van der Waals surface area contributed by atoms with E-state index in [1.54, 1.807) is 0 Å². The van der Waals surface area contributed by atoms with Crippen molar-refractivity contribution >= 4 is 11.7 Å². The van der Waals surface area contributed by atoms with Crippen LogP contribution in [0.2, 0.25) is 0 Å². The van der Waals surface area contributed by atoms with Crippen molar-refractivity contribution in [1.29, 1.82) is 0 Å². The highest BCUT2D eigenvalue weighted by atomic mass is 16.5. The van der Waals surface area contributed by atoms with Gasteiger partial charge in [-0.2, -0.15) is 0 Å². The van der Waals surface area contributed by atoms with Gasteiger partial charge in [0.1, 0.15) is 0 Å². The molecule has 1 saturated heterocycles. The van der Waals surface area contributed by atoms with E-state index in [9.17, 15) is 4.79 Å². The third-order valence-corrected chi connectivity index (χ3v) is 5.34. The van der Waals surface area contributed by atoms with Gasteiger partial charge in [-0.25, -0.2) is 4.79 Å². The van der Waals surface area contributed by atoms with Crippen LogP contribution in [0.15, 0.2) is 18.2 Å². The molecule has 2 atom stereocenters. The number of carbonyl (C=O) groups is 1. The molecule has 2 aliphatic carbocycles. The molecule has 1 heterocycles. The molecule has 1 aromatic carbocycles. The number of nitrogens with one attached hydrogen (secondary N) is 1. The Bertz CT molecular complexity index is 570. The Morgan fingerprint density at radius 1 is 1.14 bits per heavy atom. The van der Waals surface area contributed by atoms with E-state index < -0.39 is 0 Å². The van der Waals surface area contributed by atoms with Crippen molar-refractivity contribution in [2.45, 2.75) is 57.1 Å². The van der Waals surface area contributed by atoms with Crippen molar-refractivity contribution in [3.8, 4) is 0 Å². The summed E-state index contributed by atoms with van der Waals surface area (Å²) in [6.45, 7) is 1.37. The molecule has 2 fully saturated rings. The van der Waals surface area contributed by atoms with E-state index in [1.165, 1.54) is 36.8 Å². The fourth-order valence-corrected chi connectivity index (χ4v) is 4.19. The first kappa shape index (κ1) is 14.1. The van der Waals surface area contributed by atoms with Crippen molar-refractivity contribution in [2.24, 2.45) is 0 Å². The number of anilines is 1. The predicted octanol–water partition coefficient (Wildman–Crippen LogP) is 3.35. The topological polar surface area (TPSA) is 41.6 Å². The van der Waals surface area contributed by atoms with Gasteiger partial charge in [0.15, 0.2) is 0 Å². The third-order valence-electron chi connectivity index (χ3n) is 5.34. The molecule has 0 aromatic heterocycles. The summed E-state index contributed by atoms with van der Waals surface area (Å²) in [6, 6.07) is 6.66. The van der Waals surface area contributed by atoms with Crippen LogP contribution in [0.25, 0.3) is 0 Å². The lowest BCUT2D eigenvalue weighted by molar-refractivity contribution is -0.0694. The number of fused-ring (bicyclic) bond motifs is 2. The molecule has 3 aliphatic rings. The van der Waals surface area contributed by atoms with E-state index in [0.717, 1.165) is 24.9 Å². The molecule has 4 rings (SSSR count). The molecule has 4 nitrogen and oxygen atoms in total. The van der Waals surface area contributed by atoms with Crippen molar-refractivity contribution in [3.63, 3.8) is 0 Å². The Balaban J connectivity index is 1.47. The Labute approximate surface area is 131 Å². The van der Waals surface area contributed by atoms with Gasteiger partial charge >= 0.3 is 6.03 Å². The second kappa shape index (κ2) is 5.92. The average molecular weight is 300 g/mol. The van der Waals surface area contributed by atoms with Crippen LogP contribution in [0, 0.1) is 0 Å². The first-order chi connectivity index (χ1) is 10.8. The molecule has 0 radical (unpaired) electrons. The van der Waals surface area contributed by atoms with Crippen molar-refractivity contribution in [3.05, 3.63) is 29.3 Å². The Hall–Kier alpha value is -1.55. The van der Waals surface area contributed by atoms with Crippen molar-refractivity contribution in [2.75, 3.05) is 18.5 Å². The first-order valence-electron chi connectivity index (χ1n) is 8.62. The number of urea groups is 1. The second-order valence-electron chi connectivity index (χ2n) is 6.72. The summed E-state index contributed by atoms with van der Waals surface area (Å²) >= 11 is 0. The van der Waals surface area contributed by atoms with Gasteiger partial charge in [0.25, 0.3) is 0 Å². The maximum absolute atomic E-state index is 12.7. The molecule has 22 heavy (non-hydrogen) atoms. The summed E-state index contributed by atoms with van der Waals surface area (Å²) in [5.74, 6) is 0. The summed E-state index contributed by atoms with van der Waals surface area (Å²) in [5, 5.41) is 3.11. The summed E-state index contributed by atoms with van der Waals surface area (Å²) in [7, 11) is 0. The van der Waals surface area contributed by atoms with Crippen LogP contribution in [0.3, 0.4) is 0 Å². The largest absolute Gasteiger partial charge is 0.374 e. The van der Waals surface area contributed by atoms with E-state index in [0.29, 0.717) is 13.2 Å². The molecule has 1 aromatic rings. The normalized spacial score (nSPS) is 27.2. The highest BCUT2D eigenvalue weighted by Crippen LogP contribution is 2.29. The van der Waals surface area contributed by atoms with Gasteiger partial charge in [-0.1, -0.05) is 18.9 Å². The smallest absolute Gasteiger partial charge is 0.322 e. The molecule has 4 heteroatoms. The minimum absolute atomic E-state index is 0.0400. The Morgan fingerprint density at radius 3 is 2.95 bits per heavy atom. The molecule has 2 amide bonds. The summed E-state index contributed by atoms with van der Waals surface area (Å²) in [4.78, 5) is 14.7. The fraction of sp³-hybridized carbons (Fsp3) is 0.611. The summed E-state index contributed by atoms with van der Waals surface area (Å²) < 4.78 is 5.85. The van der Waals surface area contributed by atoms with E-state index in [2.05, 4.69) is 17.4 Å². The lowest BCUT2D eigenvalue weighted by atomic mass is 9.90. The molecule has 0 spiro atoms. The Kier molecular flexibility index (Phi) is 3.78. The molecule has 0 unspecified atom stereocenters. The van der Waals surface area contributed by atoms with E-state index >= 15 is 0 Å². The molecule has 0 bridgehead atoms. The zero-order valence-corrected chi connectivity index (χ0v) is 13.0. The van der Waals surface area contributed by atoms with Crippen LogP contribution < -0.4 is 5.32 Å². The minimum Gasteiger partial charge on any atom is -0.374 e.